The van der Waals surface area contributed by atoms with E-state index >= 15 is 0 Å². The molecule has 0 aliphatic rings. The molecule has 96 valence electrons. The average Bonchev–Trinajstić information content (AvgIpc) is 2.37. The number of nitriles is 1. The van der Waals surface area contributed by atoms with Crippen molar-refractivity contribution >= 4 is 11.4 Å². The maximum atomic E-state index is 10.7. The fraction of sp³-hybridized carbons (Fsp3) is 0.462. The van der Waals surface area contributed by atoms with Crippen molar-refractivity contribution in [2.24, 2.45) is 0 Å². The Bertz CT molecular complexity index is 460. The maximum absolute atomic E-state index is 10.7. The number of nitrogens with zero attached hydrogens (tertiary/aromatic N) is 3. The molecular weight excluding hydrogens is 230 g/mol. The lowest BCUT2D eigenvalue weighted by molar-refractivity contribution is -0.384. The van der Waals surface area contributed by atoms with Gasteiger partial charge in [0.1, 0.15) is 6.07 Å². The predicted octanol–water partition coefficient (Wildman–Crippen LogP) is 3.09. The lowest BCUT2D eigenvalue weighted by Gasteiger charge is -2.24. The third-order valence-corrected chi connectivity index (χ3v) is 2.64. The first kappa shape index (κ1) is 14.0. The van der Waals surface area contributed by atoms with Crippen LogP contribution in [-0.2, 0) is 0 Å². The van der Waals surface area contributed by atoms with Crippen molar-refractivity contribution in [1.29, 1.82) is 5.26 Å². The molecule has 0 saturated heterocycles. The molecule has 1 rings (SSSR count). The second-order valence-corrected chi connectivity index (χ2v) is 4.06. The summed E-state index contributed by atoms with van der Waals surface area (Å²) in [6.07, 6.45) is 1.95. The molecule has 0 unspecified atom stereocenters. The van der Waals surface area contributed by atoms with E-state index in [9.17, 15) is 10.1 Å². The van der Waals surface area contributed by atoms with E-state index in [1.165, 1.54) is 12.1 Å². The van der Waals surface area contributed by atoms with Gasteiger partial charge in [0.25, 0.3) is 5.69 Å². The van der Waals surface area contributed by atoms with Gasteiger partial charge in [-0.3, -0.25) is 10.1 Å². The zero-order valence-corrected chi connectivity index (χ0v) is 10.7. The highest BCUT2D eigenvalue weighted by molar-refractivity contribution is 5.62. The van der Waals surface area contributed by atoms with E-state index in [2.05, 4.69) is 18.7 Å². The van der Waals surface area contributed by atoms with Crippen molar-refractivity contribution in [1.82, 2.24) is 0 Å². The number of anilines is 1. The molecular formula is C13H17N3O2. The highest BCUT2D eigenvalue weighted by Crippen LogP contribution is 2.25. The Balaban J connectivity index is 3.14. The molecule has 0 N–H and O–H groups in total. The van der Waals surface area contributed by atoms with E-state index in [4.69, 9.17) is 5.26 Å². The first-order valence-electron chi connectivity index (χ1n) is 6.07. The summed E-state index contributed by atoms with van der Waals surface area (Å²) < 4.78 is 0. The number of non-ortho nitro benzene ring substituents is 1. The Labute approximate surface area is 107 Å². The highest BCUT2D eigenvalue weighted by Gasteiger charge is 2.14. The number of nitro groups is 1. The van der Waals surface area contributed by atoms with Crippen molar-refractivity contribution in [2.75, 3.05) is 18.0 Å². The van der Waals surface area contributed by atoms with Crippen molar-refractivity contribution in [2.45, 2.75) is 26.7 Å². The molecule has 0 aliphatic carbocycles. The van der Waals surface area contributed by atoms with Crippen molar-refractivity contribution < 1.29 is 4.92 Å². The lowest BCUT2D eigenvalue weighted by Crippen LogP contribution is -2.25. The average molecular weight is 247 g/mol. The maximum Gasteiger partial charge on any atom is 0.270 e. The van der Waals surface area contributed by atoms with E-state index in [-0.39, 0.29) is 5.69 Å². The summed E-state index contributed by atoms with van der Waals surface area (Å²) in [7, 11) is 0. The predicted molar refractivity (Wildman–Crippen MR) is 70.6 cm³/mol. The third-order valence-electron chi connectivity index (χ3n) is 2.64. The summed E-state index contributed by atoms with van der Waals surface area (Å²) in [4.78, 5) is 12.3. The van der Waals surface area contributed by atoms with Gasteiger partial charge in [-0.1, -0.05) is 13.8 Å². The number of rotatable bonds is 6. The number of hydrogen-bond acceptors (Lipinski definition) is 4. The molecule has 18 heavy (non-hydrogen) atoms. The molecule has 0 bridgehead atoms. The molecule has 0 radical (unpaired) electrons. The second-order valence-electron chi connectivity index (χ2n) is 4.06. The van der Waals surface area contributed by atoms with Gasteiger partial charge in [0.2, 0.25) is 0 Å². The van der Waals surface area contributed by atoms with Gasteiger partial charge >= 0.3 is 0 Å². The summed E-state index contributed by atoms with van der Waals surface area (Å²) in [5.74, 6) is 0. The van der Waals surface area contributed by atoms with Crippen LogP contribution in [-0.4, -0.2) is 18.0 Å². The minimum absolute atomic E-state index is 0.0387. The molecule has 0 fully saturated rings. The molecule has 0 atom stereocenters. The molecule has 0 aliphatic heterocycles. The highest BCUT2D eigenvalue weighted by atomic mass is 16.6. The molecule has 0 amide bonds. The molecule has 0 heterocycles. The fourth-order valence-electron chi connectivity index (χ4n) is 1.90. The number of nitro benzene ring substituents is 1. The van der Waals surface area contributed by atoms with Crippen molar-refractivity contribution in [3.05, 3.63) is 33.9 Å². The second kappa shape index (κ2) is 6.60. The molecule has 5 heteroatoms. The monoisotopic (exact) mass is 247 g/mol. The Morgan fingerprint density at radius 3 is 2.39 bits per heavy atom. The van der Waals surface area contributed by atoms with Gasteiger partial charge in [0.15, 0.2) is 0 Å². The van der Waals surface area contributed by atoms with Gasteiger partial charge in [-0.25, -0.2) is 0 Å². The zero-order chi connectivity index (χ0) is 13.5. The van der Waals surface area contributed by atoms with Crippen LogP contribution in [0.3, 0.4) is 0 Å². The van der Waals surface area contributed by atoms with Gasteiger partial charge in [-0.05, 0) is 18.9 Å². The van der Waals surface area contributed by atoms with Gasteiger partial charge in [-0.15, -0.1) is 0 Å². The van der Waals surface area contributed by atoms with Gasteiger partial charge in [-0.2, -0.15) is 5.26 Å². The van der Waals surface area contributed by atoms with Crippen LogP contribution in [0.5, 0.6) is 0 Å². The van der Waals surface area contributed by atoms with Crippen LogP contribution in [0.4, 0.5) is 11.4 Å². The quantitative estimate of drug-likeness (QED) is 0.572. The number of benzene rings is 1. The Hall–Kier alpha value is -2.09. The SMILES string of the molecule is CCCN(CCC)c1ccc([N+](=O)[O-])cc1C#N. The lowest BCUT2D eigenvalue weighted by atomic mass is 10.1. The van der Waals surface area contributed by atoms with Gasteiger partial charge < -0.3 is 4.90 Å². The number of hydrogen-bond donors (Lipinski definition) is 0. The Morgan fingerprint density at radius 2 is 1.94 bits per heavy atom. The standard InChI is InChI=1S/C13H17N3O2/c1-3-7-15(8-4-2)13-6-5-12(16(17)18)9-11(13)10-14/h5-6,9H,3-4,7-8H2,1-2H3. The fourth-order valence-corrected chi connectivity index (χ4v) is 1.90. The Morgan fingerprint density at radius 1 is 1.33 bits per heavy atom. The van der Waals surface area contributed by atoms with E-state index in [1.807, 2.05) is 6.07 Å². The topological polar surface area (TPSA) is 70.2 Å². The van der Waals surface area contributed by atoms with E-state index < -0.39 is 4.92 Å². The van der Waals surface area contributed by atoms with Gasteiger partial charge in [0.05, 0.1) is 16.2 Å². The minimum atomic E-state index is -0.478. The van der Waals surface area contributed by atoms with Crippen LogP contribution < -0.4 is 4.90 Å². The summed E-state index contributed by atoms with van der Waals surface area (Å²) in [5, 5.41) is 19.8. The van der Waals surface area contributed by atoms with Crippen LogP contribution in [0.25, 0.3) is 0 Å². The van der Waals surface area contributed by atoms with Crippen LogP contribution >= 0.6 is 0 Å². The smallest absolute Gasteiger partial charge is 0.270 e. The molecule has 1 aromatic rings. The summed E-state index contributed by atoms with van der Waals surface area (Å²) in [5.41, 5.74) is 1.11. The summed E-state index contributed by atoms with van der Waals surface area (Å²) in [6.45, 7) is 5.83. The Kier molecular flexibility index (Phi) is 5.12. The summed E-state index contributed by atoms with van der Waals surface area (Å²) in [6, 6.07) is 6.50. The van der Waals surface area contributed by atoms with Crippen LogP contribution in [0, 0.1) is 21.4 Å². The van der Waals surface area contributed by atoms with Crippen LogP contribution in [0.15, 0.2) is 18.2 Å². The van der Waals surface area contributed by atoms with Crippen LogP contribution in [0.1, 0.15) is 32.3 Å². The molecule has 1 aromatic carbocycles. The molecule has 0 saturated carbocycles. The molecule has 0 aromatic heterocycles. The minimum Gasteiger partial charge on any atom is -0.370 e. The summed E-state index contributed by atoms with van der Waals surface area (Å²) >= 11 is 0. The third kappa shape index (κ3) is 3.20. The van der Waals surface area contributed by atoms with E-state index in [1.54, 1.807) is 6.07 Å². The zero-order valence-electron chi connectivity index (χ0n) is 10.7. The first-order valence-corrected chi connectivity index (χ1v) is 6.07. The van der Waals surface area contributed by atoms with Gasteiger partial charge in [0, 0.05) is 25.2 Å². The first-order chi connectivity index (χ1) is 8.63. The van der Waals surface area contributed by atoms with E-state index in [0.29, 0.717) is 5.56 Å². The largest absolute Gasteiger partial charge is 0.370 e. The van der Waals surface area contributed by atoms with E-state index in [0.717, 1.165) is 31.6 Å². The molecule has 5 nitrogen and oxygen atoms in total. The van der Waals surface area contributed by atoms with Crippen LogP contribution in [0.2, 0.25) is 0 Å². The van der Waals surface area contributed by atoms with Crippen molar-refractivity contribution in [3.63, 3.8) is 0 Å². The van der Waals surface area contributed by atoms with Crippen molar-refractivity contribution in [3.8, 4) is 6.07 Å². The normalized spacial score (nSPS) is 9.83. The molecule has 0 spiro atoms.